The number of hydrogen-bond acceptors (Lipinski definition) is 3. The van der Waals surface area contributed by atoms with Crippen molar-refractivity contribution in [3.63, 3.8) is 0 Å². The van der Waals surface area contributed by atoms with E-state index in [9.17, 15) is 4.79 Å². The number of carbonyl (C=O) groups excluding carboxylic acids is 1. The number of hydrogen-bond donors (Lipinski definition) is 1. The van der Waals surface area contributed by atoms with Crippen LogP contribution in [0.1, 0.15) is 32.6 Å². The van der Waals surface area contributed by atoms with Crippen LogP contribution in [0.2, 0.25) is 0 Å². The molecule has 96 valence electrons. The zero-order valence-corrected chi connectivity index (χ0v) is 11.0. The minimum Gasteiger partial charge on any atom is -0.383 e. The number of nitrogens with two attached hydrogens (primary N) is 1. The molecule has 1 amide bonds. The van der Waals surface area contributed by atoms with Gasteiger partial charge in [-0.3, -0.25) is 4.79 Å². The summed E-state index contributed by atoms with van der Waals surface area (Å²) in [5.41, 5.74) is 5.76. The van der Waals surface area contributed by atoms with Crippen LogP contribution in [-0.2, 0) is 9.53 Å². The molecule has 0 spiro atoms. The fourth-order valence-electron chi connectivity index (χ4n) is 2.27. The van der Waals surface area contributed by atoms with Crippen molar-refractivity contribution in [1.82, 2.24) is 4.90 Å². The molecule has 0 aromatic rings. The highest BCUT2D eigenvalue weighted by molar-refractivity contribution is 5.85. The topological polar surface area (TPSA) is 55.6 Å². The van der Waals surface area contributed by atoms with Crippen molar-refractivity contribution in [1.29, 1.82) is 0 Å². The van der Waals surface area contributed by atoms with E-state index in [4.69, 9.17) is 10.5 Å². The first-order chi connectivity index (χ1) is 7.20. The molecule has 16 heavy (non-hydrogen) atoms. The fourth-order valence-corrected chi connectivity index (χ4v) is 2.27. The van der Waals surface area contributed by atoms with Gasteiger partial charge in [0.05, 0.1) is 6.61 Å². The van der Waals surface area contributed by atoms with E-state index in [1.165, 1.54) is 12.8 Å². The molecule has 5 heteroatoms. The van der Waals surface area contributed by atoms with Crippen molar-refractivity contribution >= 4 is 18.3 Å². The van der Waals surface area contributed by atoms with Gasteiger partial charge in [-0.15, -0.1) is 12.4 Å². The third kappa shape index (κ3) is 3.92. The maximum absolute atomic E-state index is 12.0. The quantitative estimate of drug-likeness (QED) is 0.797. The maximum Gasteiger partial charge on any atom is 0.242 e. The van der Waals surface area contributed by atoms with Crippen LogP contribution in [0.25, 0.3) is 0 Å². The second-order valence-electron chi connectivity index (χ2n) is 4.12. The van der Waals surface area contributed by atoms with Gasteiger partial charge < -0.3 is 15.4 Å². The van der Waals surface area contributed by atoms with Crippen LogP contribution in [0.4, 0.5) is 0 Å². The number of methoxy groups -OCH3 is 1. The standard InChI is InChI=1S/C11H22N2O2.ClH/c1-3-13(9-6-4-5-7-9)11(14)10(12)8-15-2;/h9-10H,3-8,12H2,1-2H3;1H. The molecule has 1 saturated carbocycles. The summed E-state index contributed by atoms with van der Waals surface area (Å²) in [5, 5.41) is 0. The molecule has 1 aliphatic carbocycles. The molecule has 0 bridgehead atoms. The van der Waals surface area contributed by atoms with Crippen molar-refractivity contribution in [2.45, 2.75) is 44.7 Å². The Morgan fingerprint density at radius 1 is 1.50 bits per heavy atom. The lowest BCUT2D eigenvalue weighted by Crippen LogP contribution is -2.49. The number of nitrogens with zero attached hydrogens (tertiary/aromatic N) is 1. The summed E-state index contributed by atoms with van der Waals surface area (Å²) >= 11 is 0. The zero-order chi connectivity index (χ0) is 11.3. The highest BCUT2D eigenvalue weighted by Crippen LogP contribution is 2.23. The Balaban J connectivity index is 0.00000225. The molecule has 1 atom stereocenters. The first-order valence-electron chi connectivity index (χ1n) is 5.75. The monoisotopic (exact) mass is 250 g/mol. The third-order valence-corrected chi connectivity index (χ3v) is 3.05. The summed E-state index contributed by atoms with van der Waals surface area (Å²) in [7, 11) is 1.57. The van der Waals surface area contributed by atoms with E-state index in [1.54, 1.807) is 7.11 Å². The Labute approximate surface area is 104 Å². The van der Waals surface area contributed by atoms with E-state index >= 15 is 0 Å². The van der Waals surface area contributed by atoms with E-state index in [-0.39, 0.29) is 18.3 Å². The van der Waals surface area contributed by atoms with Gasteiger partial charge in [0.15, 0.2) is 0 Å². The van der Waals surface area contributed by atoms with Crippen LogP contribution < -0.4 is 5.73 Å². The van der Waals surface area contributed by atoms with Gasteiger partial charge in [-0.25, -0.2) is 0 Å². The van der Waals surface area contributed by atoms with Crippen molar-refractivity contribution in [2.75, 3.05) is 20.3 Å². The van der Waals surface area contributed by atoms with Crippen LogP contribution in [0, 0.1) is 0 Å². The molecule has 0 aromatic carbocycles. The predicted octanol–water partition coefficient (Wildman–Crippen LogP) is 1.17. The summed E-state index contributed by atoms with van der Waals surface area (Å²) in [6.07, 6.45) is 4.71. The normalized spacial score (nSPS) is 17.9. The van der Waals surface area contributed by atoms with E-state index in [0.717, 1.165) is 19.4 Å². The van der Waals surface area contributed by atoms with Gasteiger partial charge in [-0.05, 0) is 19.8 Å². The number of rotatable bonds is 5. The highest BCUT2D eigenvalue weighted by atomic mass is 35.5. The average Bonchev–Trinajstić information content (AvgIpc) is 2.72. The van der Waals surface area contributed by atoms with Crippen LogP contribution in [0.15, 0.2) is 0 Å². The SMILES string of the molecule is CCN(C(=O)C(N)COC)C1CCCC1.Cl. The van der Waals surface area contributed by atoms with Gasteiger partial charge in [0, 0.05) is 19.7 Å². The number of carbonyl (C=O) groups is 1. The first kappa shape index (κ1) is 15.7. The van der Waals surface area contributed by atoms with Crippen LogP contribution >= 0.6 is 12.4 Å². The Kier molecular flexibility index (Phi) is 7.72. The third-order valence-electron chi connectivity index (χ3n) is 3.05. The summed E-state index contributed by atoms with van der Waals surface area (Å²) in [5.74, 6) is 0.0336. The summed E-state index contributed by atoms with van der Waals surface area (Å²) in [6, 6.07) is -0.0963. The number of ether oxygens (including phenoxy) is 1. The van der Waals surface area contributed by atoms with Gasteiger partial charge in [-0.2, -0.15) is 0 Å². The fraction of sp³-hybridized carbons (Fsp3) is 0.909. The summed E-state index contributed by atoms with van der Waals surface area (Å²) in [4.78, 5) is 13.9. The summed E-state index contributed by atoms with van der Waals surface area (Å²) in [6.45, 7) is 3.07. The number of likely N-dealkylation sites (N-methyl/N-ethyl adjacent to an activating group) is 1. The summed E-state index contributed by atoms with van der Waals surface area (Å²) < 4.78 is 4.91. The predicted molar refractivity (Wildman–Crippen MR) is 66.7 cm³/mol. The first-order valence-corrected chi connectivity index (χ1v) is 5.75. The largest absolute Gasteiger partial charge is 0.383 e. The molecule has 1 unspecified atom stereocenters. The second-order valence-corrected chi connectivity index (χ2v) is 4.12. The Bertz CT molecular complexity index is 208. The minimum atomic E-state index is -0.504. The van der Waals surface area contributed by atoms with E-state index in [1.807, 2.05) is 11.8 Å². The molecule has 1 aliphatic rings. The Hall–Kier alpha value is -0.320. The molecule has 1 rings (SSSR count). The molecule has 2 N–H and O–H groups in total. The van der Waals surface area contributed by atoms with Crippen LogP contribution in [0.5, 0.6) is 0 Å². The van der Waals surface area contributed by atoms with Crippen molar-refractivity contribution in [3.8, 4) is 0 Å². The molecule has 0 radical (unpaired) electrons. The average molecular weight is 251 g/mol. The highest BCUT2D eigenvalue weighted by Gasteiger charge is 2.28. The molecule has 0 aromatic heterocycles. The van der Waals surface area contributed by atoms with Gasteiger partial charge in [-0.1, -0.05) is 12.8 Å². The molecular formula is C11H23ClN2O2. The van der Waals surface area contributed by atoms with Crippen molar-refractivity contribution in [2.24, 2.45) is 5.73 Å². The smallest absolute Gasteiger partial charge is 0.242 e. The number of halogens is 1. The zero-order valence-electron chi connectivity index (χ0n) is 10.1. The van der Waals surface area contributed by atoms with Gasteiger partial charge >= 0.3 is 0 Å². The molecule has 0 heterocycles. The maximum atomic E-state index is 12.0. The minimum absolute atomic E-state index is 0. The van der Waals surface area contributed by atoms with Crippen LogP contribution in [-0.4, -0.2) is 43.2 Å². The van der Waals surface area contributed by atoms with Crippen LogP contribution in [0.3, 0.4) is 0 Å². The molecule has 1 fully saturated rings. The lowest BCUT2D eigenvalue weighted by atomic mass is 10.1. The lowest BCUT2D eigenvalue weighted by molar-refractivity contribution is -0.135. The lowest BCUT2D eigenvalue weighted by Gasteiger charge is -2.29. The van der Waals surface area contributed by atoms with E-state index in [0.29, 0.717) is 12.6 Å². The van der Waals surface area contributed by atoms with E-state index in [2.05, 4.69) is 0 Å². The molecular weight excluding hydrogens is 228 g/mol. The van der Waals surface area contributed by atoms with Gasteiger partial charge in [0.2, 0.25) is 5.91 Å². The Morgan fingerprint density at radius 3 is 2.50 bits per heavy atom. The second kappa shape index (κ2) is 7.87. The molecule has 4 nitrogen and oxygen atoms in total. The van der Waals surface area contributed by atoms with Crippen molar-refractivity contribution < 1.29 is 9.53 Å². The van der Waals surface area contributed by atoms with E-state index < -0.39 is 6.04 Å². The molecule has 0 saturated heterocycles. The van der Waals surface area contributed by atoms with Gasteiger partial charge in [0.25, 0.3) is 0 Å². The molecule has 0 aliphatic heterocycles. The van der Waals surface area contributed by atoms with Gasteiger partial charge in [0.1, 0.15) is 6.04 Å². The van der Waals surface area contributed by atoms with Crippen molar-refractivity contribution in [3.05, 3.63) is 0 Å². The number of amides is 1. The Morgan fingerprint density at radius 2 is 2.06 bits per heavy atom.